The van der Waals surface area contributed by atoms with Crippen LogP contribution in [-0.4, -0.2) is 36.5 Å². The van der Waals surface area contributed by atoms with Gasteiger partial charge in [0.25, 0.3) is 5.91 Å². The molecule has 1 unspecified atom stereocenters. The molecule has 0 heterocycles. The van der Waals surface area contributed by atoms with Crippen LogP contribution in [-0.2, 0) is 14.3 Å². The Labute approximate surface area is 109 Å². The lowest BCUT2D eigenvalue weighted by atomic mass is 10.1. The Morgan fingerprint density at radius 2 is 1.89 bits per heavy atom. The lowest BCUT2D eigenvalue weighted by Crippen LogP contribution is -2.44. The van der Waals surface area contributed by atoms with Crippen LogP contribution in [0.2, 0.25) is 0 Å². The van der Waals surface area contributed by atoms with E-state index in [1.165, 1.54) is 18.1 Å². The fraction of sp³-hybridized carbons (Fsp3) is 0.429. The smallest absolute Gasteiger partial charge is 0.328 e. The fourth-order valence-corrected chi connectivity index (χ4v) is 1.57. The Bertz CT molecular complexity index is 383. The maximum absolute atomic E-state index is 12.3. The molecular formula is C14H21NO3. The first-order valence-corrected chi connectivity index (χ1v) is 5.79. The summed E-state index contributed by atoms with van der Waals surface area (Å²) in [6, 6.07) is -0.625. The summed E-state index contributed by atoms with van der Waals surface area (Å²) in [6.07, 6.45) is 3.07. The van der Waals surface area contributed by atoms with Gasteiger partial charge in [0.1, 0.15) is 6.04 Å². The minimum Gasteiger partial charge on any atom is -0.467 e. The van der Waals surface area contributed by atoms with E-state index in [-0.39, 0.29) is 5.91 Å². The second-order valence-corrected chi connectivity index (χ2v) is 3.80. The van der Waals surface area contributed by atoms with Crippen molar-refractivity contribution in [3.05, 3.63) is 36.5 Å². The highest BCUT2D eigenvalue weighted by Gasteiger charge is 2.26. The summed E-state index contributed by atoms with van der Waals surface area (Å²) in [6.45, 7) is 12.9. The van der Waals surface area contributed by atoms with E-state index in [9.17, 15) is 9.59 Å². The highest BCUT2D eigenvalue weighted by molar-refractivity contribution is 5.99. The van der Waals surface area contributed by atoms with Crippen molar-refractivity contribution in [1.29, 1.82) is 0 Å². The fourth-order valence-electron chi connectivity index (χ4n) is 1.57. The maximum Gasteiger partial charge on any atom is 0.328 e. The molecule has 0 aliphatic carbocycles. The van der Waals surface area contributed by atoms with Gasteiger partial charge in [0.05, 0.1) is 7.11 Å². The summed E-state index contributed by atoms with van der Waals surface area (Å²) in [5.74, 6) is -0.687. The van der Waals surface area contributed by atoms with Gasteiger partial charge in [0.15, 0.2) is 0 Å². The first kappa shape index (κ1) is 16.2. The molecule has 4 heteroatoms. The van der Waals surface area contributed by atoms with E-state index in [1.807, 2.05) is 0 Å². The normalized spacial score (nSPS) is 13.1. The lowest BCUT2D eigenvalue weighted by molar-refractivity contribution is -0.150. The molecule has 0 spiro atoms. The summed E-state index contributed by atoms with van der Waals surface area (Å²) in [5.41, 5.74) is 1.17. The molecule has 1 atom stereocenters. The number of ether oxygens (including phenoxy) is 1. The van der Waals surface area contributed by atoms with Crippen molar-refractivity contribution < 1.29 is 14.3 Å². The minimum absolute atomic E-state index is 0.247. The number of esters is 1. The average Bonchev–Trinajstić information content (AvgIpc) is 2.38. The van der Waals surface area contributed by atoms with Crippen LogP contribution in [0, 0.1) is 0 Å². The zero-order valence-electron chi connectivity index (χ0n) is 11.5. The third-order valence-corrected chi connectivity index (χ3v) is 2.78. The van der Waals surface area contributed by atoms with Crippen LogP contribution in [0.5, 0.6) is 0 Å². The predicted molar refractivity (Wildman–Crippen MR) is 72.0 cm³/mol. The standard InChI is InChI=1S/C14H21NO3/c1-7-10(4)12(8-2)13(16)15(9-3)11(5)14(17)18-6/h7-8,11H,1-2,9H2,3-6H3/b12-10+. The van der Waals surface area contributed by atoms with Crippen molar-refractivity contribution in [2.24, 2.45) is 0 Å². The SMILES string of the molecule is C=C/C(C)=C(\C=C)C(=O)N(CC)C(C)C(=O)OC. The van der Waals surface area contributed by atoms with Crippen LogP contribution >= 0.6 is 0 Å². The van der Waals surface area contributed by atoms with Gasteiger partial charge in [-0.3, -0.25) is 4.79 Å². The van der Waals surface area contributed by atoms with Crippen LogP contribution in [0.1, 0.15) is 20.8 Å². The van der Waals surface area contributed by atoms with Gasteiger partial charge in [-0.2, -0.15) is 0 Å². The lowest BCUT2D eigenvalue weighted by Gasteiger charge is -2.26. The molecule has 0 radical (unpaired) electrons. The third-order valence-electron chi connectivity index (χ3n) is 2.78. The van der Waals surface area contributed by atoms with Gasteiger partial charge >= 0.3 is 5.97 Å². The number of amides is 1. The van der Waals surface area contributed by atoms with E-state index in [0.29, 0.717) is 12.1 Å². The second-order valence-electron chi connectivity index (χ2n) is 3.80. The highest BCUT2D eigenvalue weighted by atomic mass is 16.5. The van der Waals surface area contributed by atoms with Crippen LogP contribution in [0.25, 0.3) is 0 Å². The highest BCUT2D eigenvalue weighted by Crippen LogP contribution is 2.13. The zero-order valence-corrected chi connectivity index (χ0v) is 11.5. The summed E-state index contributed by atoms with van der Waals surface area (Å²) in [5, 5.41) is 0. The first-order chi connectivity index (χ1) is 8.44. The first-order valence-electron chi connectivity index (χ1n) is 5.79. The molecule has 0 aliphatic heterocycles. The number of allylic oxidation sites excluding steroid dienone is 2. The molecule has 0 aromatic carbocycles. The van der Waals surface area contributed by atoms with Gasteiger partial charge in [0, 0.05) is 12.1 Å². The van der Waals surface area contributed by atoms with Gasteiger partial charge in [0.2, 0.25) is 0 Å². The van der Waals surface area contributed by atoms with E-state index in [1.54, 1.807) is 26.8 Å². The van der Waals surface area contributed by atoms with Gasteiger partial charge in [-0.15, -0.1) is 0 Å². The predicted octanol–water partition coefficient (Wildman–Crippen LogP) is 2.08. The number of hydrogen-bond donors (Lipinski definition) is 0. The van der Waals surface area contributed by atoms with Crippen LogP contribution in [0.4, 0.5) is 0 Å². The van der Waals surface area contributed by atoms with Crippen molar-refractivity contribution in [2.75, 3.05) is 13.7 Å². The number of carbonyl (C=O) groups is 2. The van der Waals surface area contributed by atoms with Gasteiger partial charge in [-0.1, -0.05) is 25.3 Å². The third kappa shape index (κ3) is 3.58. The Morgan fingerprint density at radius 1 is 1.33 bits per heavy atom. The van der Waals surface area contributed by atoms with Crippen molar-refractivity contribution in [3.8, 4) is 0 Å². The molecule has 0 N–H and O–H groups in total. The molecule has 0 saturated carbocycles. The number of methoxy groups -OCH3 is 1. The van der Waals surface area contributed by atoms with Crippen molar-refractivity contribution in [3.63, 3.8) is 0 Å². The Kier molecular flexibility index (Phi) is 6.71. The van der Waals surface area contributed by atoms with E-state index in [0.717, 1.165) is 5.57 Å². The molecule has 18 heavy (non-hydrogen) atoms. The van der Waals surface area contributed by atoms with Crippen molar-refractivity contribution in [2.45, 2.75) is 26.8 Å². The molecular weight excluding hydrogens is 230 g/mol. The zero-order chi connectivity index (χ0) is 14.3. The van der Waals surface area contributed by atoms with E-state index >= 15 is 0 Å². The number of hydrogen-bond acceptors (Lipinski definition) is 3. The van der Waals surface area contributed by atoms with E-state index < -0.39 is 12.0 Å². The molecule has 1 amide bonds. The maximum atomic E-state index is 12.3. The molecule has 4 nitrogen and oxygen atoms in total. The summed E-state index contributed by atoms with van der Waals surface area (Å²) in [4.78, 5) is 25.2. The number of carbonyl (C=O) groups excluding carboxylic acids is 2. The number of rotatable bonds is 6. The van der Waals surface area contributed by atoms with E-state index in [4.69, 9.17) is 0 Å². The largest absolute Gasteiger partial charge is 0.467 e. The number of likely N-dealkylation sites (N-methyl/N-ethyl adjacent to an activating group) is 1. The molecule has 0 rings (SSSR count). The van der Waals surface area contributed by atoms with Crippen LogP contribution in [0.3, 0.4) is 0 Å². The van der Waals surface area contributed by atoms with Crippen LogP contribution < -0.4 is 0 Å². The Hall–Kier alpha value is -1.84. The molecule has 0 saturated heterocycles. The van der Waals surface area contributed by atoms with E-state index in [2.05, 4.69) is 17.9 Å². The monoisotopic (exact) mass is 251 g/mol. The van der Waals surface area contributed by atoms with Crippen LogP contribution in [0.15, 0.2) is 36.5 Å². The molecule has 0 aromatic heterocycles. The summed E-state index contributed by atoms with van der Waals surface area (Å²) in [7, 11) is 1.30. The van der Waals surface area contributed by atoms with Gasteiger partial charge in [-0.05, 0) is 26.3 Å². The molecule has 0 fully saturated rings. The average molecular weight is 251 g/mol. The van der Waals surface area contributed by atoms with Crippen molar-refractivity contribution >= 4 is 11.9 Å². The topological polar surface area (TPSA) is 46.6 Å². The summed E-state index contributed by atoms with van der Waals surface area (Å²) < 4.78 is 4.65. The molecule has 0 aromatic rings. The Morgan fingerprint density at radius 3 is 2.22 bits per heavy atom. The molecule has 100 valence electrons. The van der Waals surface area contributed by atoms with Gasteiger partial charge < -0.3 is 9.64 Å². The quantitative estimate of drug-likeness (QED) is 0.412. The molecule has 0 bridgehead atoms. The Balaban J connectivity index is 5.31. The van der Waals surface area contributed by atoms with Crippen molar-refractivity contribution in [1.82, 2.24) is 4.90 Å². The van der Waals surface area contributed by atoms with Gasteiger partial charge in [-0.25, -0.2) is 4.79 Å². The number of nitrogens with zero attached hydrogens (tertiary/aromatic N) is 1. The molecule has 0 aliphatic rings. The second kappa shape index (κ2) is 7.48. The summed E-state index contributed by atoms with van der Waals surface area (Å²) >= 11 is 0. The minimum atomic E-state index is -0.625.